The van der Waals surface area contributed by atoms with Crippen molar-refractivity contribution in [3.63, 3.8) is 0 Å². The average Bonchev–Trinajstić information content (AvgIpc) is 3.12. The second-order valence-corrected chi connectivity index (χ2v) is 11.5. The summed E-state index contributed by atoms with van der Waals surface area (Å²) in [4.78, 5) is 26.5. The van der Waals surface area contributed by atoms with Crippen LogP contribution < -0.4 is 9.03 Å². The fourth-order valence-corrected chi connectivity index (χ4v) is 5.81. The second kappa shape index (κ2) is 9.41. The van der Waals surface area contributed by atoms with Gasteiger partial charge in [0.15, 0.2) is 0 Å². The van der Waals surface area contributed by atoms with Crippen LogP contribution in [0.1, 0.15) is 44.7 Å². The van der Waals surface area contributed by atoms with Crippen molar-refractivity contribution in [2.45, 2.75) is 51.2 Å². The van der Waals surface area contributed by atoms with E-state index in [1.165, 1.54) is 4.31 Å². The third-order valence-corrected chi connectivity index (χ3v) is 7.61. The van der Waals surface area contributed by atoms with E-state index in [-0.39, 0.29) is 19.2 Å². The normalized spacial score (nSPS) is 17.1. The Morgan fingerprint density at radius 2 is 1.63 bits per heavy atom. The largest absolute Gasteiger partial charge is 0.445 e. The van der Waals surface area contributed by atoms with Crippen LogP contribution >= 0.6 is 0 Å². The minimum absolute atomic E-state index is 0.178. The summed E-state index contributed by atoms with van der Waals surface area (Å²) in [5.74, 6) is 0. The van der Waals surface area contributed by atoms with Crippen LogP contribution in [0.15, 0.2) is 54.6 Å². The number of nitrogens with zero attached hydrogens (tertiary/aromatic N) is 2. The maximum Gasteiger partial charge on any atom is 0.422 e. The lowest BCUT2D eigenvalue weighted by Gasteiger charge is -2.39. The Kier molecular flexibility index (Phi) is 6.68. The van der Waals surface area contributed by atoms with E-state index in [0.29, 0.717) is 31.6 Å². The van der Waals surface area contributed by atoms with Gasteiger partial charge in [0.05, 0.1) is 5.69 Å². The monoisotopic (exact) mass is 501 g/mol. The Bertz CT molecular complexity index is 1190. The van der Waals surface area contributed by atoms with Crippen molar-refractivity contribution in [1.82, 2.24) is 9.62 Å². The predicted molar refractivity (Wildman–Crippen MR) is 131 cm³/mol. The molecule has 10 heteroatoms. The zero-order valence-corrected chi connectivity index (χ0v) is 21.0. The van der Waals surface area contributed by atoms with Gasteiger partial charge in [-0.15, -0.1) is 0 Å². The van der Waals surface area contributed by atoms with E-state index in [4.69, 9.17) is 9.47 Å². The van der Waals surface area contributed by atoms with Gasteiger partial charge in [-0.3, -0.25) is 4.31 Å². The summed E-state index contributed by atoms with van der Waals surface area (Å²) in [6, 6.07) is 16.8. The molecule has 0 atom stereocenters. The van der Waals surface area contributed by atoms with Gasteiger partial charge in [-0.25, -0.2) is 14.3 Å². The summed E-state index contributed by atoms with van der Waals surface area (Å²) in [5.41, 5.74) is 1.05. The summed E-state index contributed by atoms with van der Waals surface area (Å²) in [6.45, 7) is 6.25. The second-order valence-electron chi connectivity index (χ2n) is 9.94. The highest BCUT2D eigenvalue weighted by Crippen LogP contribution is 2.47. The van der Waals surface area contributed by atoms with E-state index < -0.39 is 27.3 Å². The van der Waals surface area contributed by atoms with Crippen molar-refractivity contribution >= 4 is 28.1 Å². The van der Waals surface area contributed by atoms with Crippen LogP contribution in [-0.4, -0.2) is 50.7 Å². The molecule has 1 fully saturated rings. The van der Waals surface area contributed by atoms with E-state index in [1.54, 1.807) is 37.8 Å². The fraction of sp³-hybridized carbons (Fsp3) is 0.440. The Balaban J connectivity index is 1.45. The lowest BCUT2D eigenvalue weighted by atomic mass is 9.74. The standard InChI is InChI=1S/C25H31N3O6S/c1-24(2,3)34-22(29)26-35(31,32)28-18-25(20-11-7-8-12-21(20)28)13-15-27(16-14-25)23(30)33-17-19-9-5-4-6-10-19/h4-12H,13-18H2,1-3H3,(H,26,29). The molecule has 35 heavy (non-hydrogen) atoms. The van der Waals surface area contributed by atoms with Crippen LogP contribution in [0.2, 0.25) is 0 Å². The fourth-order valence-electron chi connectivity index (χ4n) is 4.61. The van der Waals surface area contributed by atoms with Crippen molar-refractivity contribution in [1.29, 1.82) is 0 Å². The molecule has 2 heterocycles. The number of hydrogen-bond donors (Lipinski definition) is 1. The third kappa shape index (κ3) is 5.53. The van der Waals surface area contributed by atoms with Crippen LogP contribution in [0.25, 0.3) is 0 Å². The minimum Gasteiger partial charge on any atom is -0.445 e. The van der Waals surface area contributed by atoms with Gasteiger partial charge in [0.1, 0.15) is 12.2 Å². The van der Waals surface area contributed by atoms with Gasteiger partial charge in [-0.2, -0.15) is 8.42 Å². The van der Waals surface area contributed by atoms with Gasteiger partial charge in [-0.1, -0.05) is 48.5 Å². The molecule has 2 amide bonds. The van der Waals surface area contributed by atoms with Gasteiger partial charge < -0.3 is 14.4 Å². The zero-order chi connectivity index (χ0) is 25.3. The molecule has 2 aliphatic rings. The molecule has 1 N–H and O–H groups in total. The van der Waals surface area contributed by atoms with E-state index in [9.17, 15) is 18.0 Å². The van der Waals surface area contributed by atoms with Gasteiger partial charge >= 0.3 is 22.4 Å². The molecular weight excluding hydrogens is 470 g/mol. The molecule has 4 rings (SSSR count). The summed E-state index contributed by atoms with van der Waals surface area (Å²) >= 11 is 0. The molecule has 1 saturated heterocycles. The van der Waals surface area contributed by atoms with Crippen LogP contribution in [0.4, 0.5) is 15.3 Å². The number of likely N-dealkylation sites (tertiary alicyclic amines) is 1. The average molecular weight is 502 g/mol. The Hall–Kier alpha value is -3.27. The first-order valence-corrected chi connectivity index (χ1v) is 13.0. The summed E-state index contributed by atoms with van der Waals surface area (Å²) in [7, 11) is -4.19. The number of amides is 2. The number of ether oxygens (including phenoxy) is 2. The van der Waals surface area contributed by atoms with Crippen LogP contribution in [0.3, 0.4) is 0 Å². The van der Waals surface area contributed by atoms with Gasteiger partial charge in [0.2, 0.25) is 0 Å². The van der Waals surface area contributed by atoms with Gasteiger partial charge in [-0.05, 0) is 50.8 Å². The quantitative estimate of drug-likeness (QED) is 0.680. The number of fused-ring (bicyclic) bond motifs is 2. The minimum atomic E-state index is -4.19. The van der Waals surface area contributed by atoms with Gasteiger partial charge in [0.25, 0.3) is 0 Å². The first-order valence-electron chi connectivity index (χ1n) is 11.6. The summed E-state index contributed by atoms with van der Waals surface area (Å²) in [5, 5.41) is 0. The molecule has 0 saturated carbocycles. The van der Waals surface area contributed by atoms with Crippen LogP contribution in [0.5, 0.6) is 0 Å². The highest BCUT2D eigenvalue weighted by molar-refractivity contribution is 7.91. The Morgan fingerprint density at radius 3 is 2.29 bits per heavy atom. The highest BCUT2D eigenvalue weighted by Gasteiger charge is 2.49. The lowest BCUT2D eigenvalue weighted by molar-refractivity contribution is 0.0569. The van der Waals surface area contributed by atoms with Crippen molar-refractivity contribution in [2.75, 3.05) is 23.9 Å². The smallest absolute Gasteiger partial charge is 0.422 e. The number of piperidine rings is 1. The van der Waals surface area contributed by atoms with E-state index >= 15 is 0 Å². The topological polar surface area (TPSA) is 105 Å². The highest BCUT2D eigenvalue weighted by atomic mass is 32.2. The molecule has 2 aromatic rings. The van der Waals surface area contributed by atoms with Crippen molar-refractivity contribution in [3.05, 3.63) is 65.7 Å². The molecule has 9 nitrogen and oxygen atoms in total. The summed E-state index contributed by atoms with van der Waals surface area (Å²) in [6.07, 6.45) is -0.260. The van der Waals surface area contributed by atoms with E-state index in [1.807, 2.05) is 47.2 Å². The number of carbonyl (C=O) groups is 2. The molecule has 0 aromatic heterocycles. The SMILES string of the molecule is CC(C)(C)OC(=O)NS(=O)(=O)N1CC2(CCN(C(=O)OCc3ccccc3)CC2)c2ccccc21. The number of anilines is 1. The Labute approximate surface area is 206 Å². The molecule has 2 aliphatic heterocycles. The molecule has 2 aromatic carbocycles. The van der Waals surface area contributed by atoms with Crippen LogP contribution in [0, 0.1) is 0 Å². The van der Waals surface area contributed by atoms with Crippen molar-refractivity contribution in [2.24, 2.45) is 0 Å². The number of carbonyl (C=O) groups excluding carboxylic acids is 2. The maximum atomic E-state index is 13.1. The number of para-hydroxylation sites is 1. The molecular formula is C25H31N3O6S. The predicted octanol–water partition coefficient (Wildman–Crippen LogP) is 3.95. The number of rotatable bonds is 4. The summed E-state index contributed by atoms with van der Waals surface area (Å²) < 4.78 is 40.1. The van der Waals surface area contributed by atoms with Crippen molar-refractivity contribution < 1.29 is 27.5 Å². The molecule has 1 spiro atoms. The van der Waals surface area contributed by atoms with E-state index in [2.05, 4.69) is 0 Å². The van der Waals surface area contributed by atoms with E-state index in [0.717, 1.165) is 11.1 Å². The zero-order valence-electron chi connectivity index (χ0n) is 20.2. The first kappa shape index (κ1) is 24.8. The lowest BCUT2D eigenvalue weighted by Crippen LogP contribution is -2.50. The number of hydrogen-bond acceptors (Lipinski definition) is 6. The maximum absolute atomic E-state index is 13.1. The molecule has 0 bridgehead atoms. The molecule has 0 aliphatic carbocycles. The molecule has 0 unspecified atom stereocenters. The van der Waals surface area contributed by atoms with Crippen molar-refractivity contribution in [3.8, 4) is 0 Å². The third-order valence-electron chi connectivity index (χ3n) is 6.28. The molecule has 0 radical (unpaired) electrons. The molecule has 188 valence electrons. The van der Waals surface area contributed by atoms with Gasteiger partial charge in [0, 0.05) is 25.0 Å². The number of benzene rings is 2. The number of nitrogens with one attached hydrogen (secondary N) is 1. The Morgan fingerprint density at radius 1 is 1.00 bits per heavy atom. The van der Waals surface area contributed by atoms with Crippen LogP contribution in [-0.2, 0) is 31.7 Å². The first-order chi connectivity index (χ1) is 16.5.